The van der Waals surface area contributed by atoms with Crippen molar-refractivity contribution in [2.45, 2.75) is 38.0 Å². The van der Waals surface area contributed by atoms with Crippen molar-refractivity contribution in [2.75, 3.05) is 6.54 Å². The third kappa shape index (κ3) is 3.81. The predicted octanol–water partition coefficient (Wildman–Crippen LogP) is 2.09. The topological polar surface area (TPSA) is 66.4 Å². The smallest absolute Gasteiger partial charge is 0.303 e. The second-order valence-electron chi connectivity index (χ2n) is 4.99. The summed E-state index contributed by atoms with van der Waals surface area (Å²) < 4.78 is 0. The standard InChI is InChI=1S/C15H19NO3/c17-14(16-9-3-6-15(18)19)10-12-8-7-11-4-1-2-5-13(11)12/h1-2,4-5,12H,3,6-10H2,(H,16,17)(H,18,19)/t12-/m1/s1. The van der Waals surface area contributed by atoms with Crippen LogP contribution in [0.5, 0.6) is 0 Å². The fraction of sp³-hybridized carbons (Fsp3) is 0.467. The van der Waals surface area contributed by atoms with E-state index in [4.69, 9.17) is 5.11 Å². The Labute approximate surface area is 112 Å². The molecule has 0 spiro atoms. The number of carbonyl (C=O) groups excluding carboxylic acids is 1. The highest BCUT2D eigenvalue weighted by molar-refractivity contribution is 5.77. The minimum absolute atomic E-state index is 0.0205. The van der Waals surface area contributed by atoms with Gasteiger partial charge in [-0.25, -0.2) is 0 Å². The lowest BCUT2D eigenvalue weighted by Gasteiger charge is -2.11. The summed E-state index contributed by atoms with van der Waals surface area (Å²) >= 11 is 0. The van der Waals surface area contributed by atoms with Gasteiger partial charge in [-0.05, 0) is 36.3 Å². The molecule has 19 heavy (non-hydrogen) atoms. The third-order valence-corrected chi connectivity index (χ3v) is 3.58. The molecule has 1 aromatic carbocycles. The number of benzene rings is 1. The van der Waals surface area contributed by atoms with Crippen LogP contribution in [0.4, 0.5) is 0 Å². The van der Waals surface area contributed by atoms with Gasteiger partial charge < -0.3 is 10.4 Å². The van der Waals surface area contributed by atoms with Crippen molar-refractivity contribution in [1.29, 1.82) is 0 Å². The van der Waals surface area contributed by atoms with Gasteiger partial charge in [-0.1, -0.05) is 24.3 Å². The van der Waals surface area contributed by atoms with Crippen LogP contribution in [-0.2, 0) is 16.0 Å². The number of fused-ring (bicyclic) bond motifs is 1. The van der Waals surface area contributed by atoms with Crippen molar-refractivity contribution in [3.63, 3.8) is 0 Å². The first-order valence-electron chi connectivity index (χ1n) is 6.73. The number of aryl methyl sites for hydroxylation is 1. The van der Waals surface area contributed by atoms with Crippen LogP contribution < -0.4 is 5.32 Å². The Morgan fingerprint density at radius 3 is 2.89 bits per heavy atom. The van der Waals surface area contributed by atoms with Gasteiger partial charge >= 0.3 is 5.97 Å². The van der Waals surface area contributed by atoms with E-state index in [0.717, 1.165) is 12.8 Å². The molecule has 4 heteroatoms. The molecule has 102 valence electrons. The van der Waals surface area contributed by atoms with E-state index < -0.39 is 5.97 Å². The zero-order chi connectivity index (χ0) is 13.7. The number of carboxylic acids is 1. The first-order valence-corrected chi connectivity index (χ1v) is 6.73. The van der Waals surface area contributed by atoms with Gasteiger partial charge in [0, 0.05) is 19.4 Å². The minimum Gasteiger partial charge on any atom is -0.481 e. The molecule has 0 fully saturated rings. The summed E-state index contributed by atoms with van der Waals surface area (Å²) in [7, 11) is 0. The van der Waals surface area contributed by atoms with Gasteiger partial charge in [-0.15, -0.1) is 0 Å². The Morgan fingerprint density at radius 1 is 1.32 bits per heavy atom. The van der Waals surface area contributed by atoms with Gasteiger partial charge in [0.05, 0.1) is 0 Å². The van der Waals surface area contributed by atoms with E-state index in [1.54, 1.807) is 0 Å². The fourth-order valence-electron chi connectivity index (χ4n) is 2.62. The minimum atomic E-state index is -0.820. The summed E-state index contributed by atoms with van der Waals surface area (Å²) in [6.07, 6.45) is 3.17. The summed E-state index contributed by atoms with van der Waals surface area (Å²) in [6.45, 7) is 0.444. The molecule has 1 aliphatic rings. The first-order chi connectivity index (χ1) is 9.16. The molecule has 1 aliphatic carbocycles. The Balaban J connectivity index is 1.76. The number of rotatable bonds is 6. The van der Waals surface area contributed by atoms with Crippen LogP contribution >= 0.6 is 0 Å². The Kier molecular flexibility index (Phi) is 4.55. The van der Waals surface area contributed by atoms with Gasteiger partial charge in [0.25, 0.3) is 0 Å². The van der Waals surface area contributed by atoms with E-state index in [9.17, 15) is 9.59 Å². The molecule has 0 aromatic heterocycles. The van der Waals surface area contributed by atoms with Crippen LogP contribution in [0.25, 0.3) is 0 Å². The van der Waals surface area contributed by atoms with Crippen LogP contribution in [0.3, 0.4) is 0 Å². The molecule has 2 N–H and O–H groups in total. The monoisotopic (exact) mass is 261 g/mol. The van der Waals surface area contributed by atoms with Crippen LogP contribution in [0, 0.1) is 0 Å². The summed E-state index contributed by atoms with van der Waals surface area (Å²) in [5.74, 6) is -0.485. The number of carboxylic acid groups (broad SMARTS) is 1. The number of hydrogen-bond acceptors (Lipinski definition) is 2. The number of aliphatic carboxylic acids is 1. The quantitative estimate of drug-likeness (QED) is 0.770. The maximum absolute atomic E-state index is 11.8. The second-order valence-corrected chi connectivity index (χ2v) is 4.99. The SMILES string of the molecule is O=C(O)CCCNC(=O)C[C@H]1CCc2ccccc21. The third-order valence-electron chi connectivity index (χ3n) is 3.58. The molecule has 1 amide bonds. The number of nitrogens with one attached hydrogen (secondary N) is 1. The maximum Gasteiger partial charge on any atom is 0.303 e. The fourth-order valence-corrected chi connectivity index (χ4v) is 2.62. The summed E-state index contributed by atoms with van der Waals surface area (Å²) in [6, 6.07) is 8.28. The van der Waals surface area contributed by atoms with Gasteiger partial charge in [0.15, 0.2) is 0 Å². The highest BCUT2D eigenvalue weighted by Gasteiger charge is 2.23. The van der Waals surface area contributed by atoms with Gasteiger partial charge in [-0.2, -0.15) is 0 Å². The largest absolute Gasteiger partial charge is 0.481 e. The highest BCUT2D eigenvalue weighted by Crippen LogP contribution is 2.34. The van der Waals surface area contributed by atoms with E-state index in [0.29, 0.717) is 25.3 Å². The van der Waals surface area contributed by atoms with Crippen molar-refractivity contribution in [2.24, 2.45) is 0 Å². The zero-order valence-electron chi connectivity index (χ0n) is 10.9. The molecule has 0 saturated heterocycles. The number of amides is 1. The van der Waals surface area contributed by atoms with Crippen molar-refractivity contribution < 1.29 is 14.7 Å². The highest BCUT2D eigenvalue weighted by atomic mass is 16.4. The van der Waals surface area contributed by atoms with E-state index >= 15 is 0 Å². The van der Waals surface area contributed by atoms with Gasteiger partial charge in [-0.3, -0.25) is 9.59 Å². The molecular formula is C15H19NO3. The average Bonchev–Trinajstić information content (AvgIpc) is 2.78. The zero-order valence-corrected chi connectivity index (χ0v) is 10.9. The number of carbonyl (C=O) groups is 2. The Morgan fingerprint density at radius 2 is 2.11 bits per heavy atom. The van der Waals surface area contributed by atoms with E-state index in [1.165, 1.54) is 11.1 Å². The van der Waals surface area contributed by atoms with Crippen LogP contribution in [-0.4, -0.2) is 23.5 Å². The summed E-state index contributed by atoms with van der Waals surface area (Å²) in [4.78, 5) is 22.1. The molecule has 0 saturated carbocycles. The molecule has 1 aromatic rings. The molecule has 0 aliphatic heterocycles. The van der Waals surface area contributed by atoms with Crippen LogP contribution in [0.2, 0.25) is 0 Å². The molecule has 4 nitrogen and oxygen atoms in total. The molecule has 2 rings (SSSR count). The molecular weight excluding hydrogens is 242 g/mol. The summed E-state index contributed by atoms with van der Waals surface area (Å²) in [5.41, 5.74) is 2.65. The van der Waals surface area contributed by atoms with Crippen molar-refractivity contribution >= 4 is 11.9 Å². The van der Waals surface area contributed by atoms with E-state index in [2.05, 4.69) is 17.4 Å². The Hall–Kier alpha value is -1.84. The first kappa shape index (κ1) is 13.6. The average molecular weight is 261 g/mol. The Bertz CT molecular complexity index is 470. The van der Waals surface area contributed by atoms with Crippen molar-refractivity contribution in [3.05, 3.63) is 35.4 Å². The lowest BCUT2D eigenvalue weighted by Crippen LogP contribution is -2.26. The lowest BCUT2D eigenvalue weighted by atomic mass is 9.97. The van der Waals surface area contributed by atoms with E-state index in [1.807, 2.05) is 12.1 Å². The molecule has 0 heterocycles. The van der Waals surface area contributed by atoms with Crippen molar-refractivity contribution in [1.82, 2.24) is 5.32 Å². The lowest BCUT2D eigenvalue weighted by molar-refractivity contribution is -0.137. The van der Waals surface area contributed by atoms with Crippen LogP contribution in [0.1, 0.15) is 42.7 Å². The normalized spacial score (nSPS) is 16.9. The molecule has 0 unspecified atom stereocenters. The maximum atomic E-state index is 11.8. The molecule has 0 radical (unpaired) electrons. The molecule has 0 bridgehead atoms. The van der Waals surface area contributed by atoms with Gasteiger partial charge in [0.2, 0.25) is 5.91 Å². The second kappa shape index (κ2) is 6.36. The van der Waals surface area contributed by atoms with E-state index in [-0.39, 0.29) is 12.3 Å². The molecule has 1 atom stereocenters. The van der Waals surface area contributed by atoms with Crippen molar-refractivity contribution in [3.8, 4) is 0 Å². The number of hydrogen-bond donors (Lipinski definition) is 2. The van der Waals surface area contributed by atoms with Gasteiger partial charge in [0.1, 0.15) is 0 Å². The summed E-state index contributed by atoms with van der Waals surface area (Å²) in [5, 5.41) is 11.3. The predicted molar refractivity (Wildman–Crippen MR) is 72.0 cm³/mol. The van der Waals surface area contributed by atoms with Crippen LogP contribution in [0.15, 0.2) is 24.3 Å².